The molecule has 2 aliphatic heterocycles. The second kappa shape index (κ2) is 21.7. The molecule has 10 rings (SSSR count). The van der Waals surface area contributed by atoms with Crippen molar-refractivity contribution >= 4 is 17.6 Å². The summed E-state index contributed by atoms with van der Waals surface area (Å²) in [5.41, 5.74) is 8.41. The molecule has 4 aromatic rings. The van der Waals surface area contributed by atoms with Crippen molar-refractivity contribution in [2.75, 3.05) is 19.8 Å². The van der Waals surface area contributed by atoms with Gasteiger partial charge < -0.3 is 28.8 Å². The lowest BCUT2D eigenvalue weighted by Gasteiger charge is -2.58. The van der Waals surface area contributed by atoms with E-state index in [2.05, 4.69) is 65.8 Å². The van der Waals surface area contributed by atoms with Crippen molar-refractivity contribution in [2.24, 2.45) is 46.3 Å². The van der Waals surface area contributed by atoms with Crippen LogP contribution in [0.4, 0.5) is 0 Å². The number of rotatable bonds is 16. The number of nitrogens with zero attached hydrogens (tertiary/aromatic N) is 2. The summed E-state index contributed by atoms with van der Waals surface area (Å²) >= 11 is 7.08. The Hall–Kier alpha value is -5.01. The highest BCUT2D eigenvalue weighted by Crippen LogP contribution is 2.67. The SMILES string of the molecule is Cc1c(COc2cc(OCc3cccc(C#N)c3)c(CN3C[C@H](O)C[C@@H]3C(=O)O[C@H]3CC[C@@]4(C)C(=CC[C@H]5[C@@H]6CC[C@H]([C@H](C)CCCC(C)C)[C@@]6(C)CC[C@@H]54)C3)cc2Cl)cccc1-c1ccc2c(c1)OCCO2. The molecule has 0 radical (unpaired) electrons. The van der Waals surface area contributed by atoms with Crippen molar-refractivity contribution in [1.82, 2.24) is 4.90 Å². The standard InChI is InChI=1S/C63H77ClN2O7/c1-39(2)10-7-11-40(3)52-19-20-53-51-18-17-47-31-49(22-24-62(47,5)54(51)23-25-63(52,53)6)73-61(68)56-32-48(67)36-66(56)35-46-29-55(64)59(33-58(46)71-37-43-13-8-12-42(28-43)34-65)72-38-45-14-9-15-50(41(45)4)44-16-21-57-60(30-44)70-27-26-69-57/h8-9,12-17,21,28-30,33,39-40,48-49,51-54,56,67H,7,10-11,18-20,22-27,31-32,35-38H2,1-6H3/t40-,48-,49+,51+,52-,53+,54+,56-,62+,63-/m1/s1. The molecule has 0 unspecified atom stereocenters. The van der Waals surface area contributed by atoms with E-state index in [1.54, 1.807) is 6.07 Å². The molecule has 10 atom stereocenters. The van der Waals surface area contributed by atoms with Gasteiger partial charge in [0.1, 0.15) is 50.1 Å². The van der Waals surface area contributed by atoms with Crippen LogP contribution in [-0.4, -0.2) is 54.0 Å². The van der Waals surface area contributed by atoms with Crippen molar-refractivity contribution in [1.29, 1.82) is 5.26 Å². The number of nitriles is 1. The quantitative estimate of drug-likeness (QED) is 0.0866. The Kier molecular flexibility index (Phi) is 15.3. The monoisotopic (exact) mass is 1010 g/mol. The van der Waals surface area contributed by atoms with Crippen LogP contribution in [-0.2, 0) is 29.3 Å². The normalized spacial score (nSPS) is 28.8. The zero-order chi connectivity index (χ0) is 51.0. The molecule has 0 spiro atoms. The summed E-state index contributed by atoms with van der Waals surface area (Å²) in [6.07, 6.45) is 15.4. The molecular formula is C63H77ClN2O7. The molecule has 1 saturated heterocycles. The van der Waals surface area contributed by atoms with Crippen LogP contribution in [0.3, 0.4) is 0 Å². The van der Waals surface area contributed by atoms with E-state index in [1.165, 1.54) is 50.5 Å². The van der Waals surface area contributed by atoms with Crippen LogP contribution >= 0.6 is 11.6 Å². The molecular weight excluding hydrogens is 932 g/mol. The minimum atomic E-state index is -0.683. The molecule has 2 heterocycles. The van der Waals surface area contributed by atoms with Gasteiger partial charge in [0.2, 0.25) is 0 Å². The maximum Gasteiger partial charge on any atom is 0.323 e. The number of halogens is 1. The van der Waals surface area contributed by atoms with Crippen LogP contribution in [0.2, 0.25) is 5.02 Å². The van der Waals surface area contributed by atoms with Crippen LogP contribution < -0.4 is 18.9 Å². The summed E-state index contributed by atoms with van der Waals surface area (Å²) < 4.78 is 31.2. The minimum Gasteiger partial charge on any atom is -0.488 e. The van der Waals surface area contributed by atoms with E-state index < -0.39 is 12.1 Å². The van der Waals surface area contributed by atoms with Gasteiger partial charge in [-0.15, -0.1) is 0 Å². The fourth-order valence-electron chi connectivity index (χ4n) is 14.9. The topological polar surface area (TPSA) is 110 Å². The Bertz CT molecular complexity index is 2730. The number of fused-ring (bicyclic) bond motifs is 6. The Morgan fingerprint density at radius 3 is 2.52 bits per heavy atom. The summed E-state index contributed by atoms with van der Waals surface area (Å²) in [7, 11) is 0. The second-order valence-corrected chi connectivity index (χ2v) is 24.1. The Morgan fingerprint density at radius 2 is 1.70 bits per heavy atom. The fourth-order valence-corrected chi connectivity index (χ4v) is 15.1. The van der Waals surface area contributed by atoms with Crippen LogP contribution in [0.5, 0.6) is 23.0 Å². The van der Waals surface area contributed by atoms with Gasteiger partial charge >= 0.3 is 5.97 Å². The summed E-state index contributed by atoms with van der Waals surface area (Å²) in [4.78, 5) is 16.4. The first-order valence-corrected chi connectivity index (χ1v) is 28.0. The molecule has 0 bridgehead atoms. The highest BCUT2D eigenvalue weighted by molar-refractivity contribution is 6.32. The lowest BCUT2D eigenvalue weighted by Crippen LogP contribution is -2.51. The Balaban J connectivity index is 0.820. The molecule has 0 aromatic heterocycles. The van der Waals surface area contributed by atoms with E-state index in [4.69, 9.17) is 35.3 Å². The number of hydrogen-bond acceptors (Lipinski definition) is 9. The second-order valence-electron chi connectivity index (χ2n) is 23.7. The fraction of sp³-hybridized carbons (Fsp3) is 0.556. The van der Waals surface area contributed by atoms with E-state index >= 15 is 0 Å². The van der Waals surface area contributed by atoms with Gasteiger partial charge in [-0.1, -0.05) is 114 Å². The summed E-state index contributed by atoms with van der Waals surface area (Å²) in [6, 6.07) is 24.8. The minimum absolute atomic E-state index is 0.155. The molecule has 388 valence electrons. The van der Waals surface area contributed by atoms with Crippen LogP contribution in [0.1, 0.15) is 139 Å². The van der Waals surface area contributed by atoms with E-state index in [0.29, 0.717) is 66.1 Å². The van der Waals surface area contributed by atoms with Crippen molar-refractivity contribution in [3.05, 3.63) is 117 Å². The number of benzene rings is 4. The number of carbonyl (C=O) groups excluding carboxylic acids is 1. The summed E-state index contributed by atoms with van der Waals surface area (Å²) in [5, 5.41) is 21.1. The third-order valence-electron chi connectivity index (χ3n) is 18.8. The number of carbonyl (C=O) groups is 1. The maximum atomic E-state index is 14.4. The zero-order valence-corrected chi connectivity index (χ0v) is 44.9. The number of ether oxygens (including phenoxy) is 5. The van der Waals surface area contributed by atoms with Gasteiger partial charge in [-0.2, -0.15) is 5.26 Å². The van der Waals surface area contributed by atoms with Gasteiger partial charge in [-0.3, -0.25) is 9.69 Å². The van der Waals surface area contributed by atoms with Gasteiger partial charge in [0.15, 0.2) is 11.5 Å². The number of esters is 1. The molecule has 73 heavy (non-hydrogen) atoms. The van der Waals surface area contributed by atoms with Crippen LogP contribution in [0.15, 0.2) is 84.4 Å². The van der Waals surface area contributed by atoms with Gasteiger partial charge in [0.25, 0.3) is 0 Å². The lowest BCUT2D eigenvalue weighted by molar-refractivity contribution is -0.157. The molecule has 4 aliphatic carbocycles. The predicted molar refractivity (Wildman–Crippen MR) is 287 cm³/mol. The molecule has 1 N–H and O–H groups in total. The lowest BCUT2D eigenvalue weighted by atomic mass is 9.47. The average molecular weight is 1010 g/mol. The van der Waals surface area contributed by atoms with Crippen LogP contribution in [0.25, 0.3) is 11.1 Å². The number of likely N-dealkylation sites (tertiary alicyclic amines) is 1. The average Bonchev–Trinajstić information content (AvgIpc) is 3.94. The molecule has 9 nitrogen and oxygen atoms in total. The number of allylic oxidation sites excluding steroid dienone is 1. The number of aliphatic hydroxyl groups is 1. The first-order chi connectivity index (χ1) is 35.2. The van der Waals surface area contributed by atoms with Crippen molar-refractivity contribution < 1.29 is 33.6 Å². The molecule has 4 aromatic carbocycles. The van der Waals surface area contributed by atoms with Gasteiger partial charge in [-0.25, -0.2) is 0 Å². The third kappa shape index (κ3) is 10.7. The first-order valence-electron chi connectivity index (χ1n) is 27.6. The Labute approximate surface area is 439 Å². The van der Waals surface area contributed by atoms with Crippen molar-refractivity contribution in [2.45, 2.75) is 157 Å². The maximum absolute atomic E-state index is 14.4. The van der Waals surface area contributed by atoms with Crippen molar-refractivity contribution in [3.63, 3.8) is 0 Å². The van der Waals surface area contributed by atoms with Crippen LogP contribution in [0, 0.1) is 64.6 Å². The van der Waals surface area contributed by atoms with E-state index in [0.717, 1.165) is 100 Å². The van der Waals surface area contributed by atoms with E-state index in [1.807, 2.05) is 59.5 Å². The number of hydrogen-bond donors (Lipinski definition) is 1. The zero-order valence-electron chi connectivity index (χ0n) is 44.1. The smallest absolute Gasteiger partial charge is 0.323 e. The first kappa shape index (κ1) is 51.5. The van der Waals surface area contributed by atoms with Gasteiger partial charge in [0, 0.05) is 37.6 Å². The third-order valence-corrected chi connectivity index (χ3v) is 19.1. The molecule has 6 aliphatic rings. The molecule has 10 heteroatoms. The molecule has 3 saturated carbocycles. The number of aliphatic hydroxyl groups excluding tert-OH is 1. The summed E-state index contributed by atoms with van der Waals surface area (Å²) in [5.74, 6) is 6.88. The van der Waals surface area contributed by atoms with E-state index in [-0.39, 0.29) is 30.7 Å². The summed E-state index contributed by atoms with van der Waals surface area (Å²) in [6.45, 7) is 16.7. The van der Waals surface area contributed by atoms with E-state index in [9.17, 15) is 15.2 Å². The Morgan fingerprint density at radius 1 is 0.890 bits per heavy atom. The largest absolute Gasteiger partial charge is 0.488 e. The highest BCUT2D eigenvalue weighted by atomic mass is 35.5. The molecule has 0 amide bonds. The molecule has 4 fully saturated rings. The number of β-amino-alcohol motifs (C(OH)–C–C–N with tert-alkyl or cyclic N) is 1. The predicted octanol–water partition coefficient (Wildman–Crippen LogP) is 14.0. The highest BCUT2D eigenvalue weighted by Gasteiger charge is 2.59. The van der Waals surface area contributed by atoms with Gasteiger partial charge in [0.05, 0.1) is 22.8 Å². The van der Waals surface area contributed by atoms with Crippen molar-refractivity contribution in [3.8, 4) is 40.2 Å². The van der Waals surface area contributed by atoms with Gasteiger partial charge in [-0.05, 0) is 156 Å².